The van der Waals surface area contributed by atoms with Crippen molar-refractivity contribution in [3.8, 4) is 5.75 Å². The first-order valence-electron chi connectivity index (χ1n) is 5.18. The molecule has 0 saturated carbocycles. The molecule has 0 fully saturated rings. The van der Waals surface area contributed by atoms with Crippen molar-refractivity contribution in [3.63, 3.8) is 0 Å². The van der Waals surface area contributed by atoms with Crippen molar-refractivity contribution < 1.29 is 15.0 Å². The lowest BCUT2D eigenvalue weighted by Crippen LogP contribution is -2.30. The average molecular weight is 223 g/mol. The first kappa shape index (κ1) is 12.5. The van der Waals surface area contributed by atoms with Gasteiger partial charge in [0.25, 0.3) is 0 Å². The Balaban J connectivity index is 2.66. The summed E-state index contributed by atoms with van der Waals surface area (Å²) in [5.41, 5.74) is 1.57. The van der Waals surface area contributed by atoms with E-state index >= 15 is 0 Å². The second-order valence-electron chi connectivity index (χ2n) is 3.84. The number of benzene rings is 1. The Morgan fingerprint density at radius 3 is 2.69 bits per heavy atom. The van der Waals surface area contributed by atoms with Crippen LogP contribution in [0, 0.1) is 6.92 Å². The number of hydrogen-bond acceptors (Lipinski definition) is 3. The molecule has 0 atom stereocenters. The Labute approximate surface area is 95.1 Å². The zero-order valence-corrected chi connectivity index (χ0v) is 9.60. The van der Waals surface area contributed by atoms with Crippen LogP contribution in [0.25, 0.3) is 0 Å². The zero-order chi connectivity index (χ0) is 12.1. The lowest BCUT2D eigenvalue weighted by Gasteiger charge is -2.15. The minimum absolute atomic E-state index is 0.0403. The Morgan fingerprint density at radius 1 is 1.44 bits per heavy atom. The number of phenols is 1. The maximum Gasteiger partial charge on any atom is 0.226 e. The van der Waals surface area contributed by atoms with Crippen molar-refractivity contribution in [2.24, 2.45) is 0 Å². The van der Waals surface area contributed by atoms with Crippen LogP contribution in [0.5, 0.6) is 5.75 Å². The molecule has 1 aromatic rings. The Kier molecular flexibility index (Phi) is 4.31. The Hall–Kier alpha value is -1.55. The first-order chi connectivity index (χ1) is 7.54. The third-order valence-corrected chi connectivity index (χ3v) is 2.49. The van der Waals surface area contributed by atoms with Gasteiger partial charge in [-0.05, 0) is 24.1 Å². The molecule has 4 nitrogen and oxygen atoms in total. The highest BCUT2D eigenvalue weighted by Crippen LogP contribution is 2.17. The highest BCUT2D eigenvalue weighted by molar-refractivity contribution is 5.78. The van der Waals surface area contributed by atoms with Crippen LogP contribution in [-0.2, 0) is 11.2 Å². The van der Waals surface area contributed by atoms with Crippen LogP contribution >= 0.6 is 0 Å². The highest BCUT2D eigenvalue weighted by Gasteiger charge is 2.09. The molecule has 1 aromatic carbocycles. The molecule has 0 heterocycles. The zero-order valence-electron chi connectivity index (χ0n) is 9.60. The number of rotatable bonds is 4. The number of aliphatic hydroxyl groups excluding tert-OH is 1. The molecule has 16 heavy (non-hydrogen) atoms. The number of likely N-dealkylation sites (N-methyl/N-ethyl adjacent to an activating group) is 1. The van der Waals surface area contributed by atoms with Gasteiger partial charge in [0.05, 0.1) is 13.0 Å². The fraction of sp³-hybridized carbons (Fsp3) is 0.417. The molecule has 0 aliphatic carbocycles. The first-order valence-corrected chi connectivity index (χ1v) is 5.18. The van der Waals surface area contributed by atoms with Crippen LogP contribution < -0.4 is 0 Å². The lowest BCUT2D eigenvalue weighted by molar-refractivity contribution is -0.129. The van der Waals surface area contributed by atoms with E-state index in [4.69, 9.17) is 5.11 Å². The lowest BCUT2D eigenvalue weighted by atomic mass is 10.1. The number of aliphatic hydroxyl groups is 1. The molecule has 0 saturated heterocycles. The van der Waals surface area contributed by atoms with Crippen molar-refractivity contribution in [1.29, 1.82) is 0 Å². The second kappa shape index (κ2) is 5.51. The maximum absolute atomic E-state index is 11.6. The standard InChI is InChI=1S/C12H17NO3/c1-9-3-4-10(7-11(9)15)8-12(16)13(2)5-6-14/h3-4,7,14-15H,5-6,8H2,1-2H3. The summed E-state index contributed by atoms with van der Waals surface area (Å²) in [6.07, 6.45) is 0.240. The molecule has 0 aliphatic rings. The van der Waals surface area contributed by atoms with Gasteiger partial charge in [0, 0.05) is 13.6 Å². The largest absolute Gasteiger partial charge is 0.508 e. The normalized spacial score (nSPS) is 10.2. The highest BCUT2D eigenvalue weighted by atomic mass is 16.3. The number of phenolic OH excluding ortho intramolecular Hbond substituents is 1. The maximum atomic E-state index is 11.6. The van der Waals surface area contributed by atoms with Crippen molar-refractivity contribution in [2.75, 3.05) is 20.2 Å². The van der Waals surface area contributed by atoms with E-state index in [1.54, 1.807) is 26.1 Å². The summed E-state index contributed by atoms with van der Waals surface area (Å²) in [6, 6.07) is 5.20. The van der Waals surface area contributed by atoms with E-state index in [9.17, 15) is 9.90 Å². The summed E-state index contributed by atoms with van der Waals surface area (Å²) < 4.78 is 0. The van der Waals surface area contributed by atoms with Crippen molar-refractivity contribution in [1.82, 2.24) is 4.90 Å². The van der Waals surface area contributed by atoms with Gasteiger partial charge >= 0.3 is 0 Å². The van der Waals surface area contributed by atoms with Crippen molar-refractivity contribution in [2.45, 2.75) is 13.3 Å². The summed E-state index contributed by atoms with van der Waals surface area (Å²) in [6.45, 7) is 2.09. The third-order valence-electron chi connectivity index (χ3n) is 2.49. The molecule has 1 amide bonds. The summed E-state index contributed by atoms with van der Waals surface area (Å²) in [5, 5.41) is 18.2. The molecule has 0 aliphatic heterocycles. The van der Waals surface area contributed by atoms with Crippen molar-refractivity contribution >= 4 is 5.91 Å². The fourth-order valence-corrected chi connectivity index (χ4v) is 1.35. The summed E-state index contributed by atoms with van der Waals surface area (Å²) in [5.74, 6) is 0.132. The molecule has 0 bridgehead atoms. The number of carbonyl (C=O) groups excluding carboxylic acids is 1. The Bertz CT molecular complexity index is 377. The molecule has 2 N–H and O–H groups in total. The van der Waals surface area contributed by atoms with Crippen LogP contribution in [0.3, 0.4) is 0 Å². The van der Waals surface area contributed by atoms with Gasteiger partial charge in [-0.15, -0.1) is 0 Å². The minimum Gasteiger partial charge on any atom is -0.508 e. The van der Waals surface area contributed by atoms with E-state index in [2.05, 4.69) is 0 Å². The Morgan fingerprint density at radius 2 is 2.12 bits per heavy atom. The second-order valence-corrected chi connectivity index (χ2v) is 3.84. The van der Waals surface area contributed by atoms with E-state index in [1.807, 2.05) is 6.07 Å². The monoisotopic (exact) mass is 223 g/mol. The molecular weight excluding hydrogens is 206 g/mol. The van der Waals surface area contributed by atoms with Gasteiger partial charge in [-0.25, -0.2) is 0 Å². The van der Waals surface area contributed by atoms with Gasteiger partial charge < -0.3 is 15.1 Å². The fourth-order valence-electron chi connectivity index (χ4n) is 1.35. The summed E-state index contributed by atoms with van der Waals surface area (Å²) in [4.78, 5) is 13.1. The average Bonchev–Trinajstić information content (AvgIpc) is 2.24. The van der Waals surface area contributed by atoms with Crippen LogP contribution in [0.1, 0.15) is 11.1 Å². The van der Waals surface area contributed by atoms with Gasteiger partial charge in [0.1, 0.15) is 5.75 Å². The number of aryl methyl sites for hydroxylation is 1. The summed E-state index contributed by atoms with van der Waals surface area (Å²) in [7, 11) is 1.65. The van der Waals surface area contributed by atoms with E-state index in [-0.39, 0.29) is 24.7 Å². The van der Waals surface area contributed by atoms with E-state index in [0.717, 1.165) is 11.1 Å². The smallest absolute Gasteiger partial charge is 0.226 e. The molecule has 0 radical (unpaired) electrons. The van der Waals surface area contributed by atoms with Gasteiger partial charge in [-0.3, -0.25) is 4.79 Å². The summed E-state index contributed by atoms with van der Waals surface area (Å²) >= 11 is 0. The van der Waals surface area contributed by atoms with Gasteiger partial charge in [-0.2, -0.15) is 0 Å². The van der Waals surface area contributed by atoms with Crippen molar-refractivity contribution in [3.05, 3.63) is 29.3 Å². The van der Waals surface area contributed by atoms with Gasteiger partial charge in [0.2, 0.25) is 5.91 Å². The van der Waals surface area contributed by atoms with E-state index in [0.29, 0.717) is 6.54 Å². The molecule has 0 unspecified atom stereocenters. The SMILES string of the molecule is Cc1ccc(CC(=O)N(C)CCO)cc1O. The van der Waals surface area contributed by atoms with Crippen LogP contribution in [0.2, 0.25) is 0 Å². The molecule has 4 heteroatoms. The topological polar surface area (TPSA) is 60.8 Å². The van der Waals surface area contributed by atoms with E-state index < -0.39 is 0 Å². The van der Waals surface area contributed by atoms with E-state index in [1.165, 1.54) is 4.90 Å². The molecule has 0 spiro atoms. The predicted molar refractivity (Wildman–Crippen MR) is 61.3 cm³/mol. The molecule has 88 valence electrons. The molecule has 0 aromatic heterocycles. The number of amides is 1. The number of nitrogens with zero attached hydrogens (tertiary/aromatic N) is 1. The van der Waals surface area contributed by atoms with Crippen LogP contribution in [0.15, 0.2) is 18.2 Å². The predicted octanol–water partition coefficient (Wildman–Crippen LogP) is 0.694. The van der Waals surface area contributed by atoms with Crippen LogP contribution in [0.4, 0.5) is 0 Å². The van der Waals surface area contributed by atoms with Crippen LogP contribution in [-0.4, -0.2) is 41.2 Å². The third kappa shape index (κ3) is 3.24. The van der Waals surface area contributed by atoms with Gasteiger partial charge in [-0.1, -0.05) is 12.1 Å². The molecular formula is C12H17NO3. The minimum atomic E-state index is -0.0719. The quantitative estimate of drug-likeness (QED) is 0.789. The number of aromatic hydroxyl groups is 1. The molecule has 1 rings (SSSR count). The number of hydrogen-bond donors (Lipinski definition) is 2. The number of carbonyl (C=O) groups is 1. The van der Waals surface area contributed by atoms with Gasteiger partial charge in [0.15, 0.2) is 0 Å².